The van der Waals surface area contributed by atoms with Crippen LogP contribution in [0.5, 0.6) is 23.0 Å². The summed E-state index contributed by atoms with van der Waals surface area (Å²) in [6.45, 7) is 7.06. The third-order valence-electron chi connectivity index (χ3n) is 8.62. The van der Waals surface area contributed by atoms with Crippen molar-refractivity contribution in [3.8, 4) is 23.0 Å². The quantitative estimate of drug-likeness (QED) is 0.411. The van der Waals surface area contributed by atoms with Crippen LogP contribution in [0.25, 0.3) is 0 Å². The summed E-state index contributed by atoms with van der Waals surface area (Å²) in [5, 5.41) is 0. The molecule has 0 bridgehead atoms. The third-order valence-corrected chi connectivity index (χ3v) is 8.62. The largest absolute Gasteiger partial charge is 0.497 e. The summed E-state index contributed by atoms with van der Waals surface area (Å²) in [4.78, 5) is 0. The van der Waals surface area contributed by atoms with Crippen LogP contribution in [-0.4, -0.2) is 21.3 Å². The van der Waals surface area contributed by atoms with E-state index >= 15 is 0 Å². The molecular weight excluding hydrogens is 424 g/mol. The fraction of sp³-hybridized carbons (Fsp3) is 0.400. The molecule has 1 heterocycles. The lowest BCUT2D eigenvalue weighted by atomic mass is 9.63. The van der Waals surface area contributed by atoms with E-state index in [1.165, 1.54) is 5.56 Å². The topological polar surface area (TPSA) is 36.9 Å². The molecule has 1 saturated carbocycles. The zero-order valence-corrected chi connectivity index (χ0v) is 20.9. The van der Waals surface area contributed by atoms with Gasteiger partial charge in [0.25, 0.3) is 0 Å². The standard InChI is InChI=1S/C30H34O4/c1-7-24-19(2)29(3)28-25(33-6)17-23(32-5)18-26(28)34-30(29,21-13-15-22(31-4)16-14-21)27(24)20-11-9-8-10-12-20/h8-19,24,27H,7H2,1-6H3. The van der Waals surface area contributed by atoms with Gasteiger partial charge in [-0.15, -0.1) is 0 Å². The average Bonchev–Trinajstić information content (AvgIpc) is 3.26. The average molecular weight is 459 g/mol. The van der Waals surface area contributed by atoms with Gasteiger partial charge in [-0.2, -0.15) is 0 Å². The van der Waals surface area contributed by atoms with E-state index in [-0.39, 0.29) is 11.3 Å². The molecule has 3 aromatic rings. The van der Waals surface area contributed by atoms with Crippen LogP contribution in [0.15, 0.2) is 66.7 Å². The minimum absolute atomic E-state index is 0.162. The van der Waals surface area contributed by atoms with E-state index in [1.54, 1.807) is 21.3 Å². The molecule has 0 spiro atoms. The smallest absolute Gasteiger partial charge is 0.151 e. The van der Waals surface area contributed by atoms with Gasteiger partial charge in [0.2, 0.25) is 0 Å². The van der Waals surface area contributed by atoms with E-state index in [9.17, 15) is 0 Å². The van der Waals surface area contributed by atoms with Crippen molar-refractivity contribution in [1.82, 2.24) is 0 Å². The third kappa shape index (κ3) is 2.84. The Hall–Kier alpha value is -3.14. The van der Waals surface area contributed by atoms with Crippen LogP contribution < -0.4 is 18.9 Å². The maximum atomic E-state index is 7.23. The number of benzene rings is 3. The van der Waals surface area contributed by atoms with Crippen LogP contribution in [0.1, 0.15) is 49.8 Å². The van der Waals surface area contributed by atoms with E-state index in [2.05, 4.69) is 63.2 Å². The van der Waals surface area contributed by atoms with Crippen molar-refractivity contribution in [3.63, 3.8) is 0 Å². The Bertz CT molecular complexity index is 1170. The zero-order valence-electron chi connectivity index (χ0n) is 20.9. The van der Waals surface area contributed by atoms with Gasteiger partial charge in [0.1, 0.15) is 23.0 Å². The summed E-state index contributed by atoms with van der Waals surface area (Å²) in [7, 11) is 5.12. The zero-order chi connectivity index (χ0) is 24.1. The van der Waals surface area contributed by atoms with Gasteiger partial charge < -0.3 is 18.9 Å². The summed E-state index contributed by atoms with van der Waals surface area (Å²) < 4.78 is 24.3. The Morgan fingerprint density at radius 1 is 0.853 bits per heavy atom. The molecule has 2 aliphatic rings. The van der Waals surface area contributed by atoms with Crippen LogP contribution in [0.3, 0.4) is 0 Å². The lowest BCUT2D eigenvalue weighted by Crippen LogP contribution is -2.48. The van der Waals surface area contributed by atoms with E-state index in [0.717, 1.165) is 40.5 Å². The number of methoxy groups -OCH3 is 3. The number of rotatable bonds is 6. The van der Waals surface area contributed by atoms with Crippen LogP contribution in [-0.2, 0) is 11.0 Å². The lowest BCUT2D eigenvalue weighted by molar-refractivity contribution is 0.0163. The highest BCUT2D eigenvalue weighted by Gasteiger charge is 2.72. The molecular formula is C30H34O4. The number of fused-ring (bicyclic) bond motifs is 3. The number of hydrogen-bond donors (Lipinski definition) is 0. The van der Waals surface area contributed by atoms with Crippen LogP contribution in [0.2, 0.25) is 0 Å². The van der Waals surface area contributed by atoms with E-state index in [4.69, 9.17) is 18.9 Å². The minimum atomic E-state index is -0.608. The van der Waals surface area contributed by atoms with Crippen molar-refractivity contribution >= 4 is 0 Å². The van der Waals surface area contributed by atoms with Gasteiger partial charge in [0.15, 0.2) is 5.60 Å². The summed E-state index contributed by atoms with van der Waals surface area (Å²) in [6.07, 6.45) is 1.06. The molecule has 5 rings (SSSR count). The van der Waals surface area contributed by atoms with Gasteiger partial charge in [-0.05, 0) is 35.1 Å². The summed E-state index contributed by atoms with van der Waals surface area (Å²) in [5.41, 5.74) is 2.67. The Morgan fingerprint density at radius 3 is 2.12 bits per heavy atom. The lowest BCUT2D eigenvalue weighted by Gasteiger charge is -2.43. The highest BCUT2D eigenvalue weighted by Crippen LogP contribution is 2.73. The van der Waals surface area contributed by atoms with E-state index in [1.807, 2.05) is 24.3 Å². The van der Waals surface area contributed by atoms with Crippen molar-refractivity contribution < 1.29 is 18.9 Å². The van der Waals surface area contributed by atoms with Crippen molar-refractivity contribution in [2.75, 3.05) is 21.3 Å². The van der Waals surface area contributed by atoms with Gasteiger partial charge in [-0.3, -0.25) is 0 Å². The molecule has 5 unspecified atom stereocenters. The molecule has 4 nitrogen and oxygen atoms in total. The van der Waals surface area contributed by atoms with Crippen molar-refractivity contribution in [2.45, 2.75) is 44.1 Å². The predicted octanol–water partition coefficient (Wildman–Crippen LogP) is 6.72. The summed E-state index contributed by atoms with van der Waals surface area (Å²) >= 11 is 0. The fourth-order valence-electron chi connectivity index (χ4n) is 6.98. The molecule has 5 atom stereocenters. The van der Waals surface area contributed by atoms with Gasteiger partial charge >= 0.3 is 0 Å². The first-order valence-electron chi connectivity index (χ1n) is 12.1. The molecule has 4 heteroatoms. The van der Waals surface area contributed by atoms with Gasteiger partial charge in [0.05, 0.1) is 21.3 Å². The first-order chi connectivity index (χ1) is 16.5. The molecule has 178 valence electrons. The van der Waals surface area contributed by atoms with Gasteiger partial charge in [0, 0.05) is 29.0 Å². The first-order valence-corrected chi connectivity index (χ1v) is 12.1. The fourth-order valence-corrected chi connectivity index (χ4v) is 6.98. The Morgan fingerprint density at radius 2 is 1.53 bits per heavy atom. The van der Waals surface area contributed by atoms with Gasteiger partial charge in [-0.1, -0.05) is 69.7 Å². The second-order valence-electron chi connectivity index (χ2n) is 9.72. The van der Waals surface area contributed by atoms with Crippen molar-refractivity contribution in [3.05, 3.63) is 83.4 Å². The molecule has 0 amide bonds. The normalized spacial score (nSPS) is 29.2. The second-order valence-corrected chi connectivity index (χ2v) is 9.72. The van der Waals surface area contributed by atoms with Crippen molar-refractivity contribution in [2.24, 2.45) is 11.8 Å². The second kappa shape index (κ2) is 8.26. The Labute approximate surface area is 202 Å². The molecule has 1 aliphatic carbocycles. The maximum absolute atomic E-state index is 7.23. The Kier molecular flexibility index (Phi) is 5.50. The molecule has 0 N–H and O–H groups in total. The molecule has 0 radical (unpaired) electrons. The van der Waals surface area contributed by atoms with Crippen LogP contribution in [0.4, 0.5) is 0 Å². The van der Waals surface area contributed by atoms with Crippen LogP contribution in [0, 0.1) is 11.8 Å². The first kappa shape index (κ1) is 22.6. The molecule has 1 fully saturated rings. The van der Waals surface area contributed by atoms with Gasteiger partial charge in [-0.25, -0.2) is 0 Å². The van der Waals surface area contributed by atoms with E-state index in [0.29, 0.717) is 11.8 Å². The predicted molar refractivity (Wildman–Crippen MR) is 134 cm³/mol. The van der Waals surface area contributed by atoms with E-state index < -0.39 is 5.60 Å². The number of ether oxygens (including phenoxy) is 4. The monoisotopic (exact) mass is 458 g/mol. The summed E-state index contributed by atoms with van der Waals surface area (Å²) in [5.74, 6) is 4.17. The molecule has 3 aromatic carbocycles. The summed E-state index contributed by atoms with van der Waals surface area (Å²) in [6, 6.07) is 23.3. The highest BCUT2D eigenvalue weighted by molar-refractivity contribution is 5.63. The SMILES string of the molecule is CCC1C(C)C2(C)c3c(OC)cc(OC)cc3OC2(c2ccc(OC)cc2)C1c1ccccc1. The minimum Gasteiger partial charge on any atom is -0.497 e. The molecule has 0 aromatic heterocycles. The maximum Gasteiger partial charge on any atom is 0.151 e. The van der Waals surface area contributed by atoms with Crippen LogP contribution >= 0.6 is 0 Å². The Balaban J connectivity index is 1.85. The molecule has 34 heavy (non-hydrogen) atoms. The van der Waals surface area contributed by atoms with Crippen molar-refractivity contribution in [1.29, 1.82) is 0 Å². The number of hydrogen-bond acceptors (Lipinski definition) is 4. The highest BCUT2D eigenvalue weighted by atomic mass is 16.5. The molecule has 1 aliphatic heterocycles. The molecule has 0 saturated heterocycles.